The Bertz CT molecular complexity index is 713. The number of halogens is 3. The number of ketones is 1. The summed E-state index contributed by atoms with van der Waals surface area (Å²) in [5.41, 5.74) is 0.487. The summed E-state index contributed by atoms with van der Waals surface area (Å²) < 4.78 is 38.8. The molecule has 9 heteroatoms. The van der Waals surface area contributed by atoms with Gasteiger partial charge in [0.05, 0.1) is 16.9 Å². The highest BCUT2D eigenvalue weighted by Crippen LogP contribution is 2.22. The Morgan fingerprint density at radius 3 is 2.61 bits per heavy atom. The van der Waals surface area contributed by atoms with Gasteiger partial charge in [0, 0.05) is 12.4 Å². The van der Waals surface area contributed by atoms with Gasteiger partial charge in [-0.15, -0.1) is 11.3 Å². The number of thiophene rings is 1. The first-order valence-electron chi connectivity index (χ1n) is 6.29. The summed E-state index contributed by atoms with van der Waals surface area (Å²) in [6.07, 6.45) is -3.16. The fourth-order valence-corrected chi connectivity index (χ4v) is 2.22. The molecule has 0 atom stereocenters. The number of carbonyl (C=O) groups is 2. The molecule has 0 aliphatic carbocycles. The van der Waals surface area contributed by atoms with Crippen molar-refractivity contribution in [3.63, 3.8) is 0 Å². The Labute approximate surface area is 132 Å². The molecule has 2 rings (SSSR count). The van der Waals surface area contributed by atoms with Gasteiger partial charge < -0.3 is 0 Å². The van der Waals surface area contributed by atoms with Crippen molar-refractivity contribution in [1.29, 1.82) is 0 Å². The van der Waals surface area contributed by atoms with Crippen LogP contribution in [0.25, 0.3) is 0 Å². The quantitative estimate of drug-likeness (QED) is 0.516. The second-order valence-corrected chi connectivity index (χ2v) is 5.26. The molecule has 23 heavy (non-hydrogen) atoms. The number of alkyl halides is 3. The lowest BCUT2D eigenvalue weighted by atomic mass is 10.1. The van der Waals surface area contributed by atoms with Crippen molar-refractivity contribution in [2.24, 2.45) is 5.10 Å². The molecule has 0 aliphatic heterocycles. The van der Waals surface area contributed by atoms with Crippen molar-refractivity contribution in [3.05, 3.63) is 52.5 Å². The van der Waals surface area contributed by atoms with Crippen LogP contribution in [0.4, 0.5) is 13.2 Å². The standard InChI is InChI=1S/C14H10F3N3O2S/c15-14(16,17)12(7-10(21)11-4-2-6-23-11)19-20-13(22)9-3-1-5-18-8-9/h1-6,8H,7H2,(H,20,22). The molecule has 120 valence electrons. The van der Waals surface area contributed by atoms with Crippen LogP contribution in [-0.4, -0.2) is 28.6 Å². The van der Waals surface area contributed by atoms with E-state index in [-0.39, 0.29) is 10.4 Å². The molecule has 1 N–H and O–H groups in total. The zero-order chi connectivity index (χ0) is 16.9. The first kappa shape index (κ1) is 16.8. The highest BCUT2D eigenvalue weighted by atomic mass is 32.1. The molecule has 0 aliphatic rings. The highest BCUT2D eigenvalue weighted by molar-refractivity contribution is 7.12. The molecule has 2 aromatic heterocycles. The second-order valence-electron chi connectivity index (χ2n) is 4.32. The largest absolute Gasteiger partial charge is 0.431 e. The Hall–Kier alpha value is -2.55. The third-order valence-electron chi connectivity index (χ3n) is 2.67. The number of aromatic nitrogens is 1. The number of hydrogen-bond donors (Lipinski definition) is 1. The molecule has 0 aromatic carbocycles. The lowest BCUT2D eigenvalue weighted by Gasteiger charge is -2.09. The van der Waals surface area contributed by atoms with Gasteiger partial charge in [0.1, 0.15) is 5.71 Å². The highest BCUT2D eigenvalue weighted by Gasteiger charge is 2.37. The van der Waals surface area contributed by atoms with E-state index >= 15 is 0 Å². The molecule has 5 nitrogen and oxygen atoms in total. The van der Waals surface area contributed by atoms with E-state index in [0.717, 1.165) is 11.3 Å². The van der Waals surface area contributed by atoms with Crippen LogP contribution >= 0.6 is 11.3 Å². The number of Topliss-reactive ketones (excluding diaryl/α,β-unsaturated/α-hetero) is 1. The number of hydrazone groups is 1. The molecule has 2 aromatic rings. The molecule has 0 radical (unpaired) electrons. The monoisotopic (exact) mass is 341 g/mol. The minimum atomic E-state index is -4.82. The summed E-state index contributed by atoms with van der Waals surface area (Å²) in [4.78, 5) is 27.3. The van der Waals surface area contributed by atoms with Crippen LogP contribution in [0.15, 0.2) is 47.1 Å². The first-order chi connectivity index (χ1) is 10.9. The number of rotatable bonds is 5. The van der Waals surface area contributed by atoms with Crippen LogP contribution < -0.4 is 5.43 Å². The van der Waals surface area contributed by atoms with Gasteiger partial charge in [-0.05, 0) is 23.6 Å². The van der Waals surface area contributed by atoms with E-state index in [1.807, 2.05) is 0 Å². The molecule has 1 amide bonds. The van der Waals surface area contributed by atoms with Crippen molar-refractivity contribution in [3.8, 4) is 0 Å². The van der Waals surface area contributed by atoms with Gasteiger partial charge in [0.25, 0.3) is 5.91 Å². The van der Waals surface area contributed by atoms with Crippen molar-refractivity contribution in [2.75, 3.05) is 0 Å². The molecule has 0 saturated heterocycles. The average Bonchev–Trinajstić information content (AvgIpc) is 3.05. The van der Waals surface area contributed by atoms with Crippen LogP contribution in [0.2, 0.25) is 0 Å². The molecule has 0 bridgehead atoms. The topological polar surface area (TPSA) is 71.4 Å². The number of nitrogens with zero attached hydrogens (tertiary/aromatic N) is 2. The Morgan fingerprint density at radius 2 is 2.04 bits per heavy atom. The molecule has 0 unspecified atom stereocenters. The van der Waals surface area contributed by atoms with Crippen molar-refractivity contribution in [2.45, 2.75) is 12.6 Å². The maximum atomic E-state index is 12.9. The van der Waals surface area contributed by atoms with Crippen LogP contribution in [-0.2, 0) is 0 Å². The van der Waals surface area contributed by atoms with E-state index in [1.165, 1.54) is 30.6 Å². The predicted octanol–water partition coefficient (Wildman–Crippen LogP) is 3.06. The lowest BCUT2D eigenvalue weighted by molar-refractivity contribution is -0.0605. The van der Waals surface area contributed by atoms with Gasteiger partial charge in [-0.2, -0.15) is 18.3 Å². The Balaban J connectivity index is 2.12. The molecule has 2 heterocycles. The molecular formula is C14H10F3N3O2S. The van der Waals surface area contributed by atoms with Gasteiger partial charge >= 0.3 is 6.18 Å². The normalized spacial score (nSPS) is 12.0. The number of nitrogens with one attached hydrogen (secondary N) is 1. The average molecular weight is 341 g/mol. The molecule has 0 saturated carbocycles. The first-order valence-corrected chi connectivity index (χ1v) is 7.16. The number of pyridine rings is 1. The summed E-state index contributed by atoms with van der Waals surface area (Å²) in [6.45, 7) is 0. The summed E-state index contributed by atoms with van der Waals surface area (Å²) in [6, 6.07) is 5.83. The van der Waals surface area contributed by atoms with Crippen LogP contribution in [0.1, 0.15) is 26.5 Å². The number of hydrogen-bond acceptors (Lipinski definition) is 5. The molecule has 0 spiro atoms. The predicted molar refractivity (Wildman–Crippen MR) is 78.5 cm³/mol. The number of amides is 1. The SMILES string of the molecule is O=C(NN=C(CC(=O)c1cccs1)C(F)(F)F)c1cccnc1. The number of carbonyl (C=O) groups excluding carboxylic acids is 2. The summed E-state index contributed by atoms with van der Waals surface area (Å²) in [5.74, 6) is -1.56. The van der Waals surface area contributed by atoms with E-state index < -0.39 is 30.0 Å². The summed E-state index contributed by atoms with van der Waals surface area (Å²) in [5, 5.41) is 4.65. The van der Waals surface area contributed by atoms with Crippen LogP contribution in [0.3, 0.4) is 0 Å². The van der Waals surface area contributed by atoms with Crippen LogP contribution in [0.5, 0.6) is 0 Å². The van der Waals surface area contributed by atoms with Crippen molar-refractivity contribution >= 4 is 28.7 Å². The van der Waals surface area contributed by atoms with E-state index in [4.69, 9.17) is 0 Å². The Morgan fingerprint density at radius 1 is 1.26 bits per heavy atom. The van der Waals surface area contributed by atoms with Gasteiger partial charge in [0.15, 0.2) is 5.78 Å². The minimum Gasteiger partial charge on any atom is -0.293 e. The van der Waals surface area contributed by atoms with E-state index in [0.29, 0.717) is 0 Å². The van der Waals surface area contributed by atoms with Gasteiger partial charge in [0.2, 0.25) is 0 Å². The summed E-state index contributed by atoms with van der Waals surface area (Å²) in [7, 11) is 0. The third-order valence-corrected chi connectivity index (χ3v) is 3.58. The Kier molecular flexibility index (Phi) is 5.22. The minimum absolute atomic E-state index is 0.0577. The third kappa shape index (κ3) is 4.71. The van der Waals surface area contributed by atoms with Crippen molar-refractivity contribution < 1.29 is 22.8 Å². The maximum Gasteiger partial charge on any atom is 0.431 e. The van der Waals surface area contributed by atoms with Gasteiger partial charge in [-0.3, -0.25) is 14.6 Å². The second kappa shape index (κ2) is 7.14. The molecule has 0 fully saturated rings. The van der Waals surface area contributed by atoms with Crippen molar-refractivity contribution in [1.82, 2.24) is 10.4 Å². The maximum absolute atomic E-state index is 12.9. The van der Waals surface area contributed by atoms with E-state index in [9.17, 15) is 22.8 Å². The zero-order valence-electron chi connectivity index (χ0n) is 11.5. The van der Waals surface area contributed by atoms with Crippen LogP contribution in [0, 0.1) is 0 Å². The zero-order valence-corrected chi connectivity index (χ0v) is 12.3. The lowest BCUT2D eigenvalue weighted by Crippen LogP contribution is -2.30. The summed E-state index contributed by atoms with van der Waals surface area (Å²) >= 11 is 1.04. The smallest absolute Gasteiger partial charge is 0.293 e. The van der Waals surface area contributed by atoms with Gasteiger partial charge in [-0.25, -0.2) is 5.43 Å². The van der Waals surface area contributed by atoms with E-state index in [1.54, 1.807) is 16.9 Å². The van der Waals surface area contributed by atoms with E-state index in [2.05, 4.69) is 10.1 Å². The fraction of sp³-hybridized carbons (Fsp3) is 0.143. The van der Waals surface area contributed by atoms with Gasteiger partial charge in [-0.1, -0.05) is 6.07 Å². The fourth-order valence-electron chi connectivity index (χ4n) is 1.56. The molecular weight excluding hydrogens is 331 g/mol.